The van der Waals surface area contributed by atoms with Crippen LogP contribution in [-0.2, 0) is 4.74 Å². The van der Waals surface area contributed by atoms with Crippen molar-refractivity contribution in [3.63, 3.8) is 0 Å². The Balaban J connectivity index is 1.39. The lowest BCUT2D eigenvalue weighted by Gasteiger charge is -2.29. The maximum atomic E-state index is 15.1. The Kier molecular flexibility index (Phi) is 10.9. The Morgan fingerprint density at radius 1 is 0.744 bits per heavy atom. The van der Waals surface area contributed by atoms with Crippen LogP contribution in [0.4, 0.5) is 13.2 Å². The topological polar surface area (TPSA) is 18.5 Å². The van der Waals surface area contributed by atoms with Crippen molar-refractivity contribution < 1.29 is 22.6 Å². The molecule has 2 unspecified atom stereocenters. The van der Waals surface area contributed by atoms with Gasteiger partial charge in [0.1, 0.15) is 5.82 Å². The highest BCUT2D eigenvalue weighted by molar-refractivity contribution is 5.71. The molecule has 0 aromatic heterocycles. The molecule has 5 heteroatoms. The van der Waals surface area contributed by atoms with E-state index in [1.807, 2.05) is 12.1 Å². The Morgan fingerprint density at radius 2 is 1.46 bits per heavy atom. The van der Waals surface area contributed by atoms with Crippen molar-refractivity contribution >= 4 is 0 Å². The molecule has 3 aromatic rings. The molecule has 3 aromatic carbocycles. The van der Waals surface area contributed by atoms with Crippen LogP contribution in [0.15, 0.2) is 54.6 Å². The smallest absolute Gasteiger partial charge is 0.201 e. The van der Waals surface area contributed by atoms with Crippen LogP contribution in [0, 0.1) is 23.4 Å². The van der Waals surface area contributed by atoms with E-state index in [-0.39, 0.29) is 23.2 Å². The van der Waals surface area contributed by atoms with E-state index in [2.05, 4.69) is 13.8 Å². The van der Waals surface area contributed by atoms with Crippen LogP contribution in [0.2, 0.25) is 0 Å². The van der Waals surface area contributed by atoms with Crippen molar-refractivity contribution in [2.75, 3.05) is 13.2 Å². The first-order valence-electron chi connectivity index (χ1n) is 14.6. The first-order chi connectivity index (χ1) is 19.0. The van der Waals surface area contributed by atoms with E-state index in [4.69, 9.17) is 9.47 Å². The molecule has 210 valence electrons. The molecule has 2 nitrogen and oxygen atoms in total. The first kappa shape index (κ1) is 29.2. The van der Waals surface area contributed by atoms with Gasteiger partial charge in [-0.25, -0.2) is 8.78 Å². The average molecular weight is 539 g/mol. The number of hydrogen-bond acceptors (Lipinski definition) is 2. The van der Waals surface area contributed by atoms with Gasteiger partial charge in [0.15, 0.2) is 11.6 Å². The van der Waals surface area contributed by atoms with Gasteiger partial charge in [-0.3, -0.25) is 0 Å². The Hall–Kier alpha value is -2.79. The molecular weight excluding hydrogens is 497 g/mol. The monoisotopic (exact) mass is 538 g/mol. The highest BCUT2D eigenvalue weighted by Crippen LogP contribution is 2.36. The lowest BCUT2D eigenvalue weighted by molar-refractivity contribution is -0.0215. The van der Waals surface area contributed by atoms with Gasteiger partial charge in [0.2, 0.25) is 5.82 Å². The zero-order chi connectivity index (χ0) is 27.6. The summed E-state index contributed by atoms with van der Waals surface area (Å²) in [5.74, 6) is -1.66. The Morgan fingerprint density at radius 3 is 2.15 bits per heavy atom. The lowest BCUT2D eigenvalue weighted by atomic mass is 9.90. The van der Waals surface area contributed by atoms with Gasteiger partial charge in [-0.15, -0.1) is 0 Å². The molecule has 0 spiro atoms. The molecule has 4 rings (SSSR count). The molecule has 39 heavy (non-hydrogen) atoms. The molecule has 1 saturated heterocycles. The summed E-state index contributed by atoms with van der Waals surface area (Å²) in [5, 5.41) is 0. The second-order valence-corrected chi connectivity index (χ2v) is 10.7. The van der Waals surface area contributed by atoms with Crippen LogP contribution in [-0.4, -0.2) is 13.2 Å². The van der Waals surface area contributed by atoms with Crippen molar-refractivity contribution in [2.45, 2.75) is 84.2 Å². The molecule has 0 aliphatic carbocycles. The Labute approximate surface area is 231 Å². The summed E-state index contributed by atoms with van der Waals surface area (Å²) in [7, 11) is 0. The summed E-state index contributed by atoms with van der Waals surface area (Å²) in [6.45, 7) is 5.39. The normalized spacial score (nSPS) is 17.4. The van der Waals surface area contributed by atoms with Crippen molar-refractivity contribution in [3.05, 3.63) is 77.6 Å². The minimum Gasteiger partial charge on any atom is -0.490 e. The van der Waals surface area contributed by atoms with Gasteiger partial charge >= 0.3 is 0 Å². The summed E-state index contributed by atoms with van der Waals surface area (Å²) >= 11 is 0. The van der Waals surface area contributed by atoms with E-state index >= 15 is 4.39 Å². The maximum absolute atomic E-state index is 15.1. The van der Waals surface area contributed by atoms with Crippen LogP contribution >= 0.6 is 0 Å². The standard InChI is InChI=1S/C34H41F3O2/c1-3-5-7-9-21-38-32-20-18-28(33(36)34(32)37)26-14-12-25(13-15-26)27-16-17-29(30(35)22-27)31-19-11-24(23-39-31)10-8-6-4-2/h12-18,20,22,24,31H,3-11,19,21,23H2,1-2H3. The predicted octanol–water partition coefficient (Wildman–Crippen LogP) is 10.4. The van der Waals surface area contributed by atoms with Crippen LogP contribution in [0.1, 0.15) is 89.7 Å². The second kappa shape index (κ2) is 14.6. The third-order valence-corrected chi connectivity index (χ3v) is 7.77. The number of hydrogen-bond donors (Lipinski definition) is 0. The van der Waals surface area contributed by atoms with E-state index in [0.717, 1.165) is 49.7 Å². The molecule has 1 heterocycles. The summed E-state index contributed by atoms with van der Waals surface area (Å²) < 4.78 is 56.1. The van der Waals surface area contributed by atoms with Gasteiger partial charge in [-0.2, -0.15) is 4.39 Å². The fourth-order valence-corrected chi connectivity index (χ4v) is 5.35. The molecule has 0 amide bonds. The van der Waals surface area contributed by atoms with E-state index in [9.17, 15) is 8.78 Å². The van der Waals surface area contributed by atoms with Gasteiger partial charge in [0, 0.05) is 11.1 Å². The average Bonchev–Trinajstić information content (AvgIpc) is 2.96. The SMILES string of the molecule is CCCCCCOc1ccc(-c2ccc(-c3ccc(C4CCC(CCCCC)CO4)c(F)c3)cc2)c(F)c1F. The van der Waals surface area contributed by atoms with E-state index in [0.29, 0.717) is 30.3 Å². The maximum Gasteiger partial charge on any atom is 0.201 e. The number of benzene rings is 3. The summed E-state index contributed by atoms with van der Waals surface area (Å²) in [6, 6.07) is 15.3. The van der Waals surface area contributed by atoms with E-state index in [1.165, 1.54) is 37.8 Å². The van der Waals surface area contributed by atoms with E-state index < -0.39 is 11.6 Å². The number of halogens is 3. The lowest BCUT2D eigenvalue weighted by Crippen LogP contribution is -2.21. The Bertz CT molecular complexity index is 1180. The summed E-state index contributed by atoms with van der Waals surface area (Å²) in [6.07, 6.45) is 10.6. The number of ether oxygens (including phenoxy) is 2. The first-order valence-corrected chi connectivity index (χ1v) is 14.6. The molecule has 1 aliphatic heterocycles. The summed E-state index contributed by atoms with van der Waals surface area (Å²) in [4.78, 5) is 0. The molecule has 0 N–H and O–H groups in total. The van der Waals surface area contributed by atoms with Gasteiger partial charge in [-0.1, -0.05) is 88.8 Å². The zero-order valence-corrected chi connectivity index (χ0v) is 23.3. The fraction of sp³-hybridized carbons (Fsp3) is 0.471. The van der Waals surface area contributed by atoms with Crippen LogP contribution in [0.25, 0.3) is 22.3 Å². The van der Waals surface area contributed by atoms with Crippen LogP contribution in [0.3, 0.4) is 0 Å². The fourth-order valence-electron chi connectivity index (χ4n) is 5.35. The second-order valence-electron chi connectivity index (χ2n) is 10.7. The third-order valence-electron chi connectivity index (χ3n) is 7.77. The molecule has 0 bridgehead atoms. The minimum atomic E-state index is -0.970. The predicted molar refractivity (Wildman–Crippen MR) is 152 cm³/mol. The molecule has 1 aliphatic rings. The van der Waals surface area contributed by atoms with Crippen molar-refractivity contribution in [1.82, 2.24) is 0 Å². The van der Waals surface area contributed by atoms with Gasteiger partial charge < -0.3 is 9.47 Å². The van der Waals surface area contributed by atoms with Gasteiger partial charge in [-0.05, 0) is 66.5 Å². The molecule has 0 radical (unpaired) electrons. The van der Waals surface area contributed by atoms with Crippen LogP contribution in [0.5, 0.6) is 5.75 Å². The van der Waals surface area contributed by atoms with E-state index in [1.54, 1.807) is 30.3 Å². The molecule has 2 atom stereocenters. The number of rotatable bonds is 13. The highest BCUT2D eigenvalue weighted by atomic mass is 19.2. The van der Waals surface area contributed by atoms with Crippen LogP contribution < -0.4 is 4.74 Å². The zero-order valence-electron chi connectivity index (χ0n) is 23.3. The summed E-state index contributed by atoms with van der Waals surface area (Å²) in [5.41, 5.74) is 2.85. The highest BCUT2D eigenvalue weighted by Gasteiger charge is 2.25. The molecular formula is C34H41F3O2. The number of unbranched alkanes of at least 4 members (excludes halogenated alkanes) is 5. The molecule has 0 saturated carbocycles. The van der Waals surface area contributed by atoms with Crippen molar-refractivity contribution in [2.24, 2.45) is 5.92 Å². The van der Waals surface area contributed by atoms with Gasteiger partial charge in [0.05, 0.1) is 19.3 Å². The largest absolute Gasteiger partial charge is 0.490 e. The van der Waals surface area contributed by atoms with Crippen molar-refractivity contribution in [3.8, 4) is 28.0 Å². The third kappa shape index (κ3) is 7.66. The van der Waals surface area contributed by atoms with Gasteiger partial charge in [0.25, 0.3) is 0 Å². The quantitative estimate of drug-likeness (QED) is 0.202. The van der Waals surface area contributed by atoms with Crippen molar-refractivity contribution in [1.29, 1.82) is 0 Å². The minimum absolute atomic E-state index is 0.0612. The molecule has 1 fully saturated rings.